The van der Waals surface area contributed by atoms with E-state index in [-0.39, 0.29) is 19.5 Å². The van der Waals surface area contributed by atoms with Gasteiger partial charge in [0, 0.05) is 19.5 Å². The summed E-state index contributed by atoms with van der Waals surface area (Å²) in [6.45, 7) is 0. The first-order valence-electron chi connectivity index (χ1n) is 5.08. The van der Waals surface area contributed by atoms with Gasteiger partial charge in [-0.2, -0.15) is 52.7 Å². The van der Waals surface area contributed by atoms with E-state index in [9.17, 15) is 52.7 Å². The van der Waals surface area contributed by atoms with Gasteiger partial charge in [-0.3, -0.25) is 0 Å². The first-order valence-corrected chi connectivity index (χ1v) is 10.7. The molecule has 0 aromatic carbocycles. The molecular formula is C4F12O12S4Zn-4. The predicted molar refractivity (Wildman–Crippen MR) is 63.0 cm³/mol. The molecular weight excluding hydrogens is 662 g/mol. The van der Waals surface area contributed by atoms with Crippen molar-refractivity contribution in [3.8, 4) is 0 Å². The van der Waals surface area contributed by atoms with Crippen LogP contribution in [0.2, 0.25) is 0 Å². The zero-order valence-electron chi connectivity index (χ0n) is 13.8. The molecule has 0 radical (unpaired) electrons. The Labute approximate surface area is 186 Å². The predicted octanol–water partition coefficient (Wildman–Crippen LogP) is 0.203. The van der Waals surface area contributed by atoms with Crippen molar-refractivity contribution in [2.45, 2.75) is 22.0 Å². The third-order valence-electron chi connectivity index (χ3n) is 1.13. The molecule has 0 rings (SSSR count). The van der Waals surface area contributed by atoms with E-state index >= 15 is 0 Å². The van der Waals surface area contributed by atoms with E-state index in [0.717, 1.165) is 0 Å². The Kier molecular flexibility index (Phi) is 16.7. The fourth-order valence-corrected chi connectivity index (χ4v) is 0. The minimum Gasteiger partial charge on any atom is -0.741 e. The van der Waals surface area contributed by atoms with Gasteiger partial charge >= 0.3 is 22.0 Å². The smallest absolute Gasteiger partial charge is 0.485 e. The first-order chi connectivity index (χ1) is 13.0. The summed E-state index contributed by atoms with van der Waals surface area (Å²) in [5.41, 5.74) is -22.6. The molecule has 0 aromatic heterocycles. The van der Waals surface area contributed by atoms with Gasteiger partial charge in [-0.15, -0.1) is 0 Å². The Morgan fingerprint density at radius 3 is 0.364 bits per heavy atom. The van der Waals surface area contributed by atoms with Gasteiger partial charge in [0.25, 0.3) is 0 Å². The van der Waals surface area contributed by atoms with E-state index in [1.54, 1.807) is 0 Å². The van der Waals surface area contributed by atoms with Gasteiger partial charge in [-0.05, 0) is 0 Å². The Bertz CT molecular complexity index is 828. The van der Waals surface area contributed by atoms with Crippen LogP contribution >= 0.6 is 0 Å². The molecule has 0 aliphatic carbocycles. The van der Waals surface area contributed by atoms with Crippen LogP contribution in [-0.2, 0) is 60.0 Å². The molecule has 0 heterocycles. The molecule has 0 saturated heterocycles. The number of hydrogen-bond donors (Lipinski definition) is 0. The van der Waals surface area contributed by atoms with E-state index in [1.165, 1.54) is 0 Å². The molecule has 0 spiro atoms. The van der Waals surface area contributed by atoms with Crippen molar-refractivity contribution in [3.63, 3.8) is 0 Å². The molecule has 0 N–H and O–H groups in total. The molecule has 33 heavy (non-hydrogen) atoms. The number of hydrogen-bond acceptors (Lipinski definition) is 12. The van der Waals surface area contributed by atoms with E-state index in [1.807, 2.05) is 0 Å². The molecule has 0 fully saturated rings. The minimum absolute atomic E-state index is 0. The van der Waals surface area contributed by atoms with E-state index in [0.29, 0.717) is 0 Å². The van der Waals surface area contributed by atoms with Crippen LogP contribution in [0.1, 0.15) is 0 Å². The van der Waals surface area contributed by atoms with Gasteiger partial charge < -0.3 is 18.2 Å². The summed E-state index contributed by atoms with van der Waals surface area (Å²) in [7, 11) is -24.4. The standard InChI is InChI=1S/4CHF3O3S.Zn/c4*2-1(3,4)8(5,6)7;/h4*(H,5,6,7);/p-4. The normalized spacial score (nSPS) is 13.6. The van der Waals surface area contributed by atoms with Crippen LogP contribution in [-0.4, -0.2) is 73.9 Å². The van der Waals surface area contributed by atoms with Gasteiger partial charge in [0.15, 0.2) is 40.5 Å². The Morgan fingerprint density at radius 2 is 0.364 bits per heavy atom. The maximum atomic E-state index is 10.7. The molecule has 0 bridgehead atoms. The molecule has 0 aliphatic heterocycles. The van der Waals surface area contributed by atoms with Gasteiger partial charge in [-0.25, -0.2) is 33.7 Å². The van der Waals surface area contributed by atoms with Crippen molar-refractivity contribution in [2.24, 2.45) is 0 Å². The van der Waals surface area contributed by atoms with Gasteiger partial charge in [0.05, 0.1) is 0 Å². The van der Waals surface area contributed by atoms with Gasteiger partial charge in [0.2, 0.25) is 0 Å². The second-order valence-electron chi connectivity index (χ2n) is 3.60. The summed E-state index contributed by atoms with van der Waals surface area (Å²) in [4.78, 5) is 0. The van der Waals surface area contributed by atoms with Crippen LogP contribution in [0.4, 0.5) is 52.7 Å². The van der Waals surface area contributed by atoms with E-state index < -0.39 is 62.5 Å². The van der Waals surface area contributed by atoms with Crippen molar-refractivity contribution in [3.05, 3.63) is 0 Å². The van der Waals surface area contributed by atoms with Crippen molar-refractivity contribution in [2.75, 3.05) is 0 Å². The quantitative estimate of drug-likeness (QED) is 0.147. The van der Waals surface area contributed by atoms with Crippen molar-refractivity contribution in [1.29, 1.82) is 0 Å². The molecule has 0 aliphatic rings. The topological polar surface area (TPSA) is 229 Å². The van der Waals surface area contributed by atoms with Crippen LogP contribution in [0.5, 0.6) is 0 Å². The zero-order chi connectivity index (χ0) is 28.0. The van der Waals surface area contributed by atoms with Crippen LogP contribution in [0.15, 0.2) is 0 Å². The molecule has 0 aromatic rings. The molecule has 0 unspecified atom stereocenters. The van der Waals surface area contributed by atoms with Gasteiger partial charge in [-0.1, -0.05) is 0 Å². The van der Waals surface area contributed by atoms with E-state index in [4.69, 9.17) is 51.9 Å². The fourth-order valence-electron chi connectivity index (χ4n) is 0. The summed E-state index contributed by atoms with van der Waals surface area (Å²) >= 11 is 0. The molecule has 0 saturated carbocycles. The number of alkyl halides is 12. The van der Waals surface area contributed by atoms with E-state index in [2.05, 4.69) is 0 Å². The summed E-state index contributed by atoms with van der Waals surface area (Å²) < 4.78 is 236. The number of halogens is 12. The van der Waals surface area contributed by atoms with Crippen LogP contribution in [0.25, 0.3) is 0 Å². The number of rotatable bonds is 0. The second-order valence-corrected chi connectivity index (χ2v) is 9.08. The maximum Gasteiger partial charge on any atom is 0.485 e. The molecule has 0 amide bonds. The summed E-state index contributed by atoms with van der Waals surface area (Å²) in [6, 6.07) is 0. The van der Waals surface area contributed by atoms with Crippen LogP contribution in [0.3, 0.4) is 0 Å². The van der Waals surface area contributed by atoms with Crippen LogP contribution < -0.4 is 0 Å². The second kappa shape index (κ2) is 12.9. The maximum absolute atomic E-state index is 10.7. The van der Waals surface area contributed by atoms with Crippen molar-refractivity contribution < 1.29 is 124 Å². The zero-order valence-corrected chi connectivity index (χ0v) is 20.0. The first kappa shape index (κ1) is 42.6. The van der Waals surface area contributed by atoms with Crippen molar-refractivity contribution >= 4 is 40.5 Å². The average molecular weight is 662 g/mol. The summed E-state index contributed by atoms with van der Waals surface area (Å²) in [5.74, 6) is 0. The third-order valence-corrected chi connectivity index (χ3v) is 3.40. The largest absolute Gasteiger partial charge is 0.741 e. The monoisotopic (exact) mass is 660 g/mol. The van der Waals surface area contributed by atoms with Crippen molar-refractivity contribution in [1.82, 2.24) is 0 Å². The Balaban J connectivity index is -0.000000105. The summed E-state index contributed by atoms with van der Waals surface area (Å²) in [6.07, 6.45) is 0. The summed E-state index contributed by atoms with van der Waals surface area (Å²) in [5, 5.41) is 0. The fraction of sp³-hybridized carbons (Fsp3) is 1.00. The third kappa shape index (κ3) is 21.7. The Morgan fingerprint density at radius 1 is 0.333 bits per heavy atom. The average Bonchev–Trinajstić information content (AvgIpc) is 2.30. The minimum atomic E-state index is -6.09. The molecule has 12 nitrogen and oxygen atoms in total. The molecule has 29 heteroatoms. The molecule has 202 valence electrons. The molecule has 0 atom stereocenters. The SMILES string of the molecule is O=S(=O)([O-])C(F)(F)F.O=S(=O)([O-])C(F)(F)F.O=S(=O)([O-])C(F)(F)F.O=S(=O)([O-])C(F)(F)F.[Zn]. The van der Waals surface area contributed by atoms with Crippen LogP contribution in [0, 0.1) is 0 Å². The Hall–Kier alpha value is -0.577. The van der Waals surface area contributed by atoms with Gasteiger partial charge in [0.1, 0.15) is 0 Å².